The third-order valence-corrected chi connectivity index (χ3v) is 5.13. The molecule has 1 aliphatic rings. The van der Waals surface area contributed by atoms with E-state index in [1.54, 1.807) is 18.3 Å². The molecule has 1 aromatic carbocycles. The molecule has 2 N–H and O–H groups in total. The Hall–Kier alpha value is -2.79. The molecule has 0 aliphatic heterocycles. The summed E-state index contributed by atoms with van der Waals surface area (Å²) in [5, 5.41) is 13.9. The van der Waals surface area contributed by atoms with Crippen molar-refractivity contribution < 1.29 is 9.90 Å². The zero-order chi connectivity index (χ0) is 18.1. The lowest BCUT2D eigenvalue weighted by Gasteiger charge is -2.38. The average Bonchev–Trinajstić information content (AvgIpc) is 2.63. The van der Waals surface area contributed by atoms with Crippen LogP contribution in [0.2, 0.25) is 0 Å². The van der Waals surface area contributed by atoms with Gasteiger partial charge in [0.1, 0.15) is 0 Å². The van der Waals surface area contributed by atoms with Crippen molar-refractivity contribution in [1.82, 2.24) is 15.3 Å². The Bertz CT molecular complexity index is 951. The van der Waals surface area contributed by atoms with Crippen LogP contribution in [-0.4, -0.2) is 27.1 Å². The van der Waals surface area contributed by atoms with Crippen LogP contribution in [0.25, 0.3) is 10.9 Å². The number of aryl methyl sites for hydroxylation is 1. The summed E-state index contributed by atoms with van der Waals surface area (Å²) in [6.07, 6.45) is 4.59. The minimum absolute atomic E-state index is 0.143. The molecule has 0 bridgehead atoms. The maximum absolute atomic E-state index is 12.8. The van der Waals surface area contributed by atoms with Crippen LogP contribution in [0.4, 0.5) is 0 Å². The largest absolute Gasteiger partial charge is 0.393 e. The molecule has 1 atom stereocenters. The van der Waals surface area contributed by atoms with Gasteiger partial charge in [0.2, 0.25) is 0 Å². The van der Waals surface area contributed by atoms with E-state index in [0.29, 0.717) is 24.1 Å². The van der Waals surface area contributed by atoms with Gasteiger partial charge in [0.15, 0.2) is 0 Å². The number of carbonyl (C=O) groups is 1. The van der Waals surface area contributed by atoms with Gasteiger partial charge in [-0.25, -0.2) is 0 Å². The molecule has 5 nitrogen and oxygen atoms in total. The quantitative estimate of drug-likeness (QED) is 0.760. The summed E-state index contributed by atoms with van der Waals surface area (Å²) in [6.45, 7) is 1.83. The topological polar surface area (TPSA) is 75.1 Å². The maximum atomic E-state index is 12.8. The van der Waals surface area contributed by atoms with E-state index in [1.807, 2.05) is 37.4 Å². The van der Waals surface area contributed by atoms with E-state index < -0.39 is 0 Å². The third kappa shape index (κ3) is 3.18. The number of hydrogen-bond acceptors (Lipinski definition) is 4. The second kappa shape index (κ2) is 6.84. The minimum Gasteiger partial charge on any atom is -0.393 e. The highest BCUT2D eigenvalue weighted by Gasteiger charge is 2.36. The van der Waals surface area contributed by atoms with Gasteiger partial charge in [-0.15, -0.1) is 0 Å². The molecule has 2 aromatic heterocycles. The maximum Gasteiger partial charge on any atom is 0.253 e. The molecule has 0 unspecified atom stereocenters. The van der Waals surface area contributed by atoms with Crippen molar-refractivity contribution in [3.63, 3.8) is 0 Å². The zero-order valence-electron chi connectivity index (χ0n) is 14.6. The van der Waals surface area contributed by atoms with Crippen LogP contribution < -0.4 is 5.32 Å². The van der Waals surface area contributed by atoms with Gasteiger partial charge in [0.05, 0.1) is 23.2 Å². The fourth-order valence-electron chi connectivity index (χ4n) is 3.58. The number of para-hydroxylation sites is 1. The number of hydrogen-bond donors (Lipinski definition) is 2. The highest BCUT2D eigenvalue weighted by molar-refractivity contribution is 5.95. The van der Waals surface area contributed by atoms with Crippen LogP contribution in [0.1, 0.15) is 40.5 Å². The Labute approximate surface area is 152 Å². The minimum atomic E-state index is -0.284. The van der Waals surface area contributed by atoms with Crippen LogP contribution in [0.5, 0.6) is 0 Å². The number of aliphatic hydroxyl groups is 1. The Balaban J connectivity index is 1.65. The Morgan fingerprint density at radius 3 is 2.77 bits per heavy atom. The first kappa shape index (κ1) is 16.7. The van der Waals surface area contributed by atoms with E-state index in [-0.39, 0.29) is 24.0 Å². The van der Waals surface area contributed by atoms with E-state index in [1.165, 1.54) is 0 Å². The second-order valence-electron chi connectivity index (χ2n) is 6.93. The van der Waals surface area contributed by atoms with E-state index in [0.717, 1.165) is 16.5 Å². The standard InChI is InChI=1S/C21H21N3O2/c1-13-18(6-4-8-22-13)21(26)24-20(15-10-17(25)11-15)16-9-14-5-2-3-7-19(14)23-12-16/h2-9,12,15,17,20,25H,10-11H2,1H3,(H,24,26)/t15?,17?,20-/m0/s1. The summed E-state index contributed by atoms with van der Waals surface area (Å²) in [4.78, 5) is 21.5. The van der Waals surface area contributed by atoms with E-state index in [9.17, 15) is 9.90 Å². The number of carbonyl (C=O) groups excluding carboxylic acids is 1. The monoisotopic (exact) mass is 347 g/mol. The van der Waals surface area contributed by atoms with Crippen molar-refractivity contribution in [3.05, 3.63) is 71.7 Å². The van der Waals surface area contributed by atoms with Gasteiger partial charge in [0.25, 0.3) is 5.91 Å². The Morgan fingerprint density at radius 2 is 2.00 bits per heavy atom. The predicted octanol–water partition coefficient (Wildman–Crippen LogP) is 3.18. The van der Waals surface area contributed by atoms with Crippen molar-refractivity contribution in [3.8, 4) is 0 Å². The first-order valence-electron chi connectivity index (χ1n) is 8.87. The predicted molar refractivity (Wildman–Crippen MR) is 99.7 cm³/mol. The van der Waals surface area contributed by atoms with Gasteiger partial charge in [-0.2, -0.15) is 0 Å². The van der Waals surface area contributed by atoms with Crippen LogP contribution in [0.3, 0.4) is 0 Å². The summed E-state index contributed by atoms with van der Waals surface area (Å²) in [7, 11) is 0. The second-order valence-corrected chi connectivity index (χ2v) is 6.93. The van der Waals surface area contributed by atoms with Crippen molar-refractivity contribution in [1.29, 1.82) is 0 Å². The van der Waals surface area contributed by atoms with Gasteiger partial charge in [0, 0.05) is 23.5 Å². The molecule has 1 amide bonds. The summed E-state index contributed by atoms with van der Waals surface area (Å²) in [5.74, 6) is 0.0593. The smallest absolute Gasteiger partial charge is 0.253 e. The van der Waals surface area contributed by atoms with Crippen LogP contribution >= 0.6 is 0 Å². The number of nitrogens with one attached hydrogen (secondary N) is 1. The third-order valence-electron chi connectivity index (χ3n) is 5.13. The van der Waals surface area contributed by atoms with Crippen molar-refractivity contribution in [2.24, 2.45) is 5.92 Å². The van der Waals surface area contributed by atoms with E-state index in [2.05, 4.69) is 21.4 Å². The SMILES string of the molecule is Cc1ncccc1C(=O)N[C@H](c1cnc2ccccc2c1)C1CC(O)C1. The summed E-state index contributed by atoms with van der Waals surface area (Å²) in [6, 6.07) is 13.4. The highest BCUT2D eigenvalue weighted by atomic mass is 16.3. The molecule has 3 aromatic rings. The number of benzene rings is 1. The lowest BCUT2D eigenvalue weighted by atomic mass is 9.75. The number of aromatic nitrogens is 2. The first-order valence-corrected chi connectivity index (χ1v) is 8.87. The molecule has 4 rings (SSSR count). The number of nitrogens with zero attached hydrogens (tertiary/aromatic N) is 2. The number of rotatable bonds is 4. The molecule has 2 heterocycles. The summed E-state index contributed by atoms with van der Waals surface area (Å²) in [5.41, 5.74) is 3.17. The molecule has 1 saturated carbocycles. The van der Waals surface area contributed by atoms with E-state index in [4.69, 9.17) is 0 Å². The molecule has 0 spiro atoms. The molecule has 26 heavy (non-hydrogen) atoms. The molecule has 132 valence electrons. The van der Waals surface area contributed by atoms with Crippen molar-refractivity contribution in [2.45, 2.75) is 31.9 Å². The Kier molecular flexibility index (Phi) is 4.39. The molecule has 1 fully saturated rings. The zero-order valence-corrected chi connectivity index (χ0v) is 14.6. The van der Waals surface area contributed by atoms with Gasteiger partial charge in [-0.05, 0) is 55.5 Å². The van der Waals surface area contributed by atoms with Gasteiger partial charge < -0.3 is 10.4 Å². The normalized spacial score (nSPS) is 20.4. The first-order chi connectivity index (χ1) is 12.6. The van der Waals surface area contributed by atoms with Crippen LogP contribution in [0, 0.1) is 12.8 Å². The molecule has 0 radical (unpaired) electrons. The van der Waals surface area contributed by atoms with Gasteiger partial charge in [-0.3, -0.25) is 14.8 Å². The molecular formula is C21H21N3O2. The van der Waals surface area contributed by atoms with Crippen LogP contribution in [0.15, 0.2) is 54.9 Å². The number of aliphatic hydroxyl groups excluding tert-OH is 1. The van der Waals surface area contributed by atoms with Gasteiger partial charge in [-0.1, -0.05) is 18.2 Å². The fraction of sp³-hybridized carbons (Fsp3) is 0.286. The molecule has 0 saturated heterocycles. The molecule has 1 aliphatic carbocycles. The summed E-state index contributed by atoms with van der Waals surface area (Å²) < 4.78 is 0. The number of amides is 1. The lowest BCUT2D eigenvalue weighted by molar-refractivity contribution is 0.0235. The van der Waals surface area contributed by atoms with Crippen molar-refractivity contribution >= 4 is 16.8 Å². The Morgan fingerprint density at radius 1 is 1.19 bits per heavy atom. The fourth-order valence-corrected chi connectivity index (χ4v) is 3.58. The number of pyridine rings is 2. The van der Waals surface area contributed by atoms with E-state index >= 15 is 0 Å². The lowest BCUT2D eigenvalue weighted by Crippen LogP contribution is -2.41. The van der Waals surface area contributed by atoms with Crippen molar-refractivity contribution in [2.75, 3.05) is 0 Å². The average molecular weight is 347 g/mol. The molecular weight excluding hydrogens is 326 g/mol. The highest BCUT2D eigenvalue weighted by Crippen LogP contribution is 2.38. The van der Waals surface area contributed by atoms with Gasteiger partial charge >= 0.3 is 0 Å². The molecule has 5 heteroatoms. The number of fused-ring (bicyclic) bond motifs is 1. The van der Waals surface area contributed by atoms with Crippen LogP contribution in [-0.2, 0) is 0 Å². The summed E-state index contributed by atoms with van der Waals surface area (Å²) >= 11 is 0.